The third kappa shape index (κ3) is 6.00. The van der Waals surface area contributed by atoms with Crippen molar-refractivity contribution >= 4 is 22.8 Å². The van der Waals surface area contributed by atoms with Crippen molar-refractivity contribution in [1.82, 2.24) is 24.6 Å². The van der Waals surface area contributed by atoms with Gasteiger partial charge in [-0.3, -0.25) is 4.79 Å². The maximum Gasteiger partial charge on any atom is 0.222 e. The summed E-state index contributed by atoms with van der Waals surface area (Å²) >= 11 is 0. The molecule has 1 aliphatic carbocycles. The first-order chi connectivity index (χ1) is 18.4. The van der Waals surface area contributed by atoms with E-state index in [2.05, 4.69) is 23.6 Å². The van der Waals surface area contributed by atoms with Gasteiger partial charge in [0.1, 0.15) is 17.5 Å². The third-order valence-corrected chi connectivity index (χ3v) is 8.14. The van der Waals surface area contributed by atoms with E-state index < -0.39 is 0 Å². The van der Waals surface area contributed by atoms with Crippen LogP contribution >= 0.6 is 0 Å². The number of halogens is 1. The maximum atomic E-state index is 13.6. The maximum absolute atomic E-state index is 13.6. The molecular formula is C30H41FN6O. The van der Waals surface area contributed by atoms with Crippen molar-refractivity contribution in [3.8, 4) is 5.69 Å². The van der Waals surface area contributed by atoms with E-state index in [0.717, 1.165) is 85.3 Å². The molecule has 2 fully saturated rings. The van der Waals surface area contributed by atoms with E-state index in [0.29, 0.717) is 24.8 Å². The van der Waals surface area contributed by atoms with Gasteiger partial charge in [0.2, 0.25) is 5.91 Å². The second kappa shape index (κ2) is 11.8. The molecular weight excluding hydrogens is 479 g/mol. The van der Waals surface area contributed by atoms with Gasteiger partial charge in [-0.2, -0.15) is 5.10 Å². The Labute approximate surface area is 225 Å². The summed E-state index contributed by atoms with van der Waals surface area (Å²) < 4.78 is 15.4. The summed E-state index contributed by atoms with van der Waals surface area (Å²) in [7, 11) is 0. The normalized spacial score (nSPS) is 17.1. The fraction of sp³-hybridized carbons (Fsp3) is 0.600. The first kappa shape index (κ1) is 26.6. The smallest absolute Gasteiger partial charge is 0.222 e. The van der Waals surface area contributed by atoms with Gasteiger partial charge in [-0.25, -0.2) is 19.0 Å². The van der Waals surface area contributed by atoms with E-state index in [1.807, 2.05) is 11.6 Å². The number of rotatable bonds is 8. The number of benzene rings is 1. The quantitative estimate of drug-likeness (QED) is 0.372. The molecule has 0 atom stereocenters. The zero-order valence-corrected chi connectivity index (χ0v) is 23.1. The van der Waals surface area contributed by atoms with Crippen LogP contribution in [-0.4, -0.2) is 56.7 Å². The van der Waals surface area contributed by atoms with Gasteiger partial charge in [-0.1, -0.05) is 39.5 Å². The Morgan fingerprint density at radius 2 is 1.79 bits per heavy atom. The summed E-state index contributed by atoms with van der Waals surface area (Å²) in [4.78, 5) is 27.5. The average Bonchev–Trinajstić information content (AvgIpc) is 3.46. The van der Waals surface area contributed by atoms with E-state index in [1.165, 1.54) is 37.8 Å². The first-order valence-electron chi connectivity index (χ1n) is 14.4. The Hall–Kier alpha value is -3.03. The highest BCUT2D eigenvalue weighted by molar-refractivity contribution is 5.91. The molecule has 1 saturated heterocycles. The second-order valence-corrected chi connectivity index (χ2v) is 11.5. The van der Waals surface area contributed by atoms with Crippen LogP contribution in [-0.2, 0) is 11.2 Å². The van der Waals surface area contributed by atoms with Crippen molar-refractivity contribution in [3.05, 3.63) is 41.6 Å². The Kier molecular flexibility index (Phi) is 8.24. The van der Waals surface area contributed by atoms with Gasteiger partial charge >= 0.3 is 0 Å². The summed E-state index contributed by atoms with van der Waals surface area (Å²) in [5.41, 5.74) is 2.38. The van der Waals surface area contributed by atoms with Crippen LogP contribution in [0.15, 0.2) is 24.3 Å². The zero-order valence-electron chi connectivity index (χ0n) is 23.1. The molecule has 1 amide bonds. The van der Waals surface area contributed by atoms with E-state index in [4.69, 9.17) is 15.1 Å². The Bertz CT molecular complexity index is 1250. The molecule has 1 saturated carbocycles. The molecule has 3 heterocycles. The van der Waals surface area contributed by atoms with Gasteiger partial charge < -0.3 is 9.80 Å². The number of hydrogen-bond donors (Lipinski definition) is 0. The number of carbonyl (C=O) groups is 1. The monoisotopic (exact) mass is 520 g/mol. The number of nitrogens with zero attached hydrogens (tertiary/aromatic N) is 6. The summed E-state index contributed by atoms with van der Waals surface area (Å²) in [6.45, 7) is 9.48. The van der Waals surface area contributed by atoms with Crippen molar-refractivity contribution in [2.75, 3.05) is 31.1 Å². The topological polar surface area (TPSA) is 67.2 Å². The minimum Gasteiger partial charge on any atom is -0.354 e. The van der Waals surface area contributed by atoms with Gasteiger partial charge in [0.05, 0.1) is 16.8 Å². The van der Waals surface area contributed by atoms with E-state index in [1.54, 1.807) is 12.1 Å². The Balaban J connectivity index is 1.41. The molecule has 1 aromatic carbocycles. The third-order valence-electron chi connectivity index (χ3n) is 8.14. The second-order valence-electron chi connectivity index (χ2n) is 11.5. The molecule has 1 aliphatic heterocycles. The largest absolute Gasteiger partial charge is 0.354 e. The van der Waals surface area contributed by atoms with Crippen LogP contribution in [0.2, 0.25) is 0 Å². The van der Waals surface area contributed by atoms with Crippen LogP contribution in [0.5, 0.6) is 0 Å². The molecule has 38 heavy (non-hydrogen) atoms. The highest BCUT2D eigenvalue weighted by Gasteiger charge is 2.26. The lowest BCUT2D eigenvalue weighted by atomic mass is 10.0. The van der Waals surface area contributed by atoms with Crippen molar-refractivity contribution in [2.24, 2.45) is 11.8 Å². The number of aryl methyl sites for hydroxylation is 2. The fourth-order valence-electron chi connectivity index (χ4n) is 5.89. The van der Waals surface area contributed by atoms with Crippen LogP contribution in [0.3, 0.4) is 0 Å². The molecule has 0 spiro atoms. The van der Waals surface area contributed by atoms with Crippen molar-refractivity contribution in [3.63, 3.8) is 0 Å². The van der Waals surface area contributed by atoms with Crippen molar-refractivity contribution < 1.29 is 9.18 Å². The minimum absolute atomic E-state index is 0.276. The molecule has 0 N–H and O–H groups in total. The summed E-state index contributed by atoms with van der Waals surface area (Å²) in [6, 6.07) is 6.37. The lowest BCUT2D eigenvalue weighted by Gasteiger charge is -2.24. The predicted molar refractivity (Wildman–Crippen MR) is 149 cm³/mol. The molecule has 0 unspecified atom stereocenters. The van der Waals surface area contributed by atoms with Crippen LogP contribution in [0.1, 0.15) is 76.7 Å². The van der Waals surface area contributed by atoms with E-state index in [9.17, 15) is 9.18 Å². The summed E-state index contributed by atoms with van der Waals surface area (Å²) in [5, 5.41) is 5.74. The molecule has 8 heteroatoms. The predicted octanol–water partition coefficient (Wildman–Crippen LogP) is 5.86. The standard InChI is InChI=1S/C30H41FN6O/c1-21(2)9-15-26-32-29(28-22(3)34-37(30(28)33-26)25-13-11-24(31)12-14-25)36-18-6-17-35(19-20-36)27(38)16-10-23-7-4-5-8-23/h11-14,21,23H,4-10,15-20H2,1-3H3. The molecule has 2 aliphatic rings. The zero-order chi connectivity index (χ0) is 26.6. The Morgan fingerprint density at radius 3 is 2.53 bits per heavy atom. The molecule has 204 valence electrons. The molecule has 3 aromatic rings. The van der Waals surface area contributed by atoms with Gasteiger partial charge in [0, 0.05) is 39.0 Å². The molecule has 2 aromatic heterocycles. The van der Waals surface area contributed by atoms with Crippen molar-refractivity contribution in [2.45, 2.75) is 78.6 Å². The van der Waals surface area contributed by atoms with Gasteiger partial charge in [0.25, 0.3) is 0 Å². The first-order valence-corrected chi connectivity index (χ1v) is 14.4. The number of hydrogen-bond acceptors (Lipinski definition) is 5. The summed E-state index contributed by atoms with van der Waals surface area (Å²) in [6.07, 6.45) is 9.61. The molecule has 7 nitrogen and oxygen atoms in total. The van der Waals surface area contributed by atoms with E-state index in [-0.39, 0.29) is 5.82 Å². The SMILES string of the molecule is Cc1nn(-c2ccc(F)cc2)c2nc(CCC(C)C)nc(N3CCCN(C(=O)CCC4CCCC4)CC3)c12. The number of aromatic nitrogens is 4. The number of amides is 1. The molecule has 0 bridgehead atoms. The minimum atomic E-state index is -0.276. The highest BCUT2D eigenvalue weighted by Crippen LogP contribution is 2.31. The van der Waals surface area contributed by atoms with Crippen molar-refractivity contribution in [1.29, 1.82) is 0 Å². The number of anilines is 1. The van der Waals surface area contributed by atoms with Gasteiger partial charge in [-0.15, -0.1) is 0 Å². The number of carbonyl (C=O) groups excluding carboxylic acids is 1. The van der Waals surface area contributed by atoms with Crippen LogP contribution < -0.4 is 4.90 Å². The van der Waals surface area contributed by atoms with Crippen LogP contribution in [0, 0.1) is 24.6 Å². The fourth-order valence-corrected chi connectivity index (χ4v) is 5.89. The highest BCUT2D eigenvalue weighted by atomic mass is 19.1. The lowest BCUT2D eigenvalue weighted by Crippen LogP contribution is -2.35. The molecule has 0 radical (unpaired) electrons. The summed E-state index contributed by atoms with van der Waals surface area (Å²) in [5.74, 6) is 3.01. The van der Waals surface area contributed by atoms with E-state index >= 15 is 0 Å². The van der Waals surface area contributed by atoms with Gasteiger partial charge in [-0.05, 0) is 62.3 Å². The lowest BCUT2D eigenvalue weighted by molar-refractivity contribution is -0.131. The Morgan fingerprint density at radius 1 is 1.03 bits per heavy atom. The van der Waals surface area contributed by atoms with Gasteiger partial charge in [0.15, 0.2) is 5.65 Å². The average molecular weight is 521 g/mol. The number of fused-ring (bicyclic) bond motifs is 1. The molecule has 5 rings (SSSR count). The van der Waals surface area contributed by atoms with Crippen LogP contribution in [0.25, 0.3) is 16.7 Å². The van der Waals surface area contributed by atoms with Crippen LogP contribution in [0.4, 0.5) is 10.2 Å².